The smallest absolute Gasteiger partial charge is 0.274 e. The Morgan fingerprint density at radius 2 is 1.93 bits per heavy atom. The third-order valence-corrected chi connectivity index (χ3v) is 7.89. The predicted molar refractivity (Wildman–Crippen MR) is 109 cm³/mol. The highest BCUT2D eigenvalue weighted by molar-refractivity contribution is 7.89. The molecule has 1 fully saturated rings. The second-order valence-electron chi connectivity index (χ2n) is 6.74. The lowest BCUT2D eigenvalue weighted by atomic mass is 10.3. The topological polar surface area (TPSA) is 81.5 Å². The Balaban J connectivity index is 1.81. The summed E-state index contributed by atoms with van der Waals surface area (Å²) in [6, 6.07) is 7.96. The lowest BCUT2D eigenvalue weighted by molar-refractivity contribution is -0.0440. The molecule has 1 saturated heterocycles. The van der Waals surface area contributed by atoms with Gasteiger partial charge in [-0.15, -0.1) is 0 Å². The number of ether oxygens (including phenoxy) is 1. The van der Waals surface area contributed by atoms with Crippen LogP contribution in [0.2, 0.25) is 5.02 Å². The lowest BCUT2D eigenvalue weighted by Crippen LogP contribution is -2.48. The summed E-state index contributed by atoms with van der Waals surface area (Å²) >= 11 is 7.41. The molecule has 7 nitrogen and oxygen atoms in total. The van der Waals surface area contributed by atoms with E-state index in [0.717, 1.165) is 11.5 Å². The van der Waals surface area contributed by atoms with Crippen LogP contribution in [-0.4, -0.2) is 47.0 Å². The molecule has 2 unspecified atom stereocenters. The highest BCUT2D eigenvalue weighted by Crippen LogP contribution is 2.30. The monoisotopic (exact) mass is 439 g/mol. The van der Waals surface area contributed by atoms with E-state index in [2.05, 4.69) is 4.98 Å². The van der Waals surface area contributed by atoms with Gasteiger partial charge in [0, 0.05) is 19.3 Å². The Hall–Kier alpha value is -1.78. The molecular formula is C18H18ClN3O4S2. The van der Waals surface area contributed by atoms with Crippen LogP contribution in [0.25, 0.3) is 15.9 Å². The Morgan fingerprint density at radius 1 is 1.21 bits per heavy atom. The molecule has 1 aromatic carbocycles. The molecule has 1 aliphatic heterocycles. The molecule has 0 saturated carbocycles. The molecule has 0 amide bonds. The van der Waals surface area contributed by atoms with Crippen LogP contribution in [-0.2, 0) is 14.8 Å². The number of fused-ring (bicyclic) bond motifs is 1. The summed E-state index contributed by atoms with van der Waals surface area (Å²) in [6.45, 7) is 4.17. The Bertz CT molecular complexity index is 1200. The van der Waals surface area contributed by atoms with Crippen LogP contribution >= 0.6 is 23.1 Å². The highest BCUT2D eigenvalue weighted by Gasteiger charge is 2.33. The van der Waals surface area contributed by atoms with E-state index in [1.807, 2.05) is 13.8 Å². The number of hydrogen-bond acceptors (Lipinski definition) is 6. The number of rotatable bonds is 3. The zero-order valence-electron chi connectivity index (χ0n) is 15.2. The van der Waals surface area contributed by atoms with Gasteiger partial charge in [-0.2, -0.15) is 4.31 Å². The number of aromatic nitrogens is 2. The molecule has 0 spiro atoms. The van der Waals surface area contributed by atoms with E-state index >= 15 is 0 Å². The van der Waals surface area contributed by atoms with Gasteiger partial charge in [0.2, 0.25) is 10.0 Å². The van der Waals surface area contributed by atoms with Crippen molar-refractivity contribution < 1.29 is 13.2 Å². The zero-order chi connectivity index (χ0) is 20.1. The first-order valence-electron chi connectivity index (χ1n) is 8.70. The second-order valence-corrected chi connectivity index (χ2v) is 9.99. The van der Waals surface area contributed by atoms with E-state index in [9.17, 15) is 13.2 Å². The number of morpholine rings is 1. The van der Waals surface area contributed by atoms with E-state index in [1.165, 1.54) is 20.4 Å². The molecule has 4 rings (SSSR count). The average Bonchev–Trinajstić information content (AvgIpc) is 2.98. The summed E-state index contributed by atoms with van der Waals surface area (Å²) in [5, 5.41) is 0.602. The minimum absolute atomic E-state index is 0.0229. The Morgan fingerprint density at radius 3 is 2.61 bits per heavy atom. The van der Waals surface area contributed by atoms with Gasteiger partial charge >= 0.3 is 0 Å². The minimum atomic E-state index is -3.84. The fourth-order valence-electron chi connectivity index (χ4n) is 3.32. The highest BCUT2D eigenvalue weighted by atomic mass is 35.5. The number of halogens is 1. The van der Waals surface area contributed by atoms with E-state index in [-0.39, 0.29) is 40.8 Å². The molecule has 2 aromatic heterocycles. The molecule has 0 bridgehead atoms. The van der Waals surface area contributed by atoms with Crippen molar-refractivity contribution in [3.63, 3.8) is 0 Å². The first-order chi connectivity index (χ1) is 13.3. The van der Waals surface area contributed by atoms with E-state index in [0.29, 0.717) is 15.9 Å². The predicted octanol–water partition coefficient (Wildman–Crippen LogP) is 2.90. The van der Waals surface area contributed by atoms with Gasteiger partial charge in [0.25, 0.3) is 5.56 Å². The molecule has 3 heterocycles. The summed E-state index contributed by atoms with van der Waals surface area (Å²) in [5.74, 6) is 0. The largest absolute Gasteiger partial charge is 0.373 e. The van der Waals surface area contributed by atoms with Gasteiger partial charge in [-0.3, -0.25) is 4.79 Å². The molecule has 0 aliphatic carbocycles. The summed E-state index contributed by atoms with van der Waals surface area (Å²) in [7, 11) is -3.84. The van der Waals surface area contributed by atoms with Gasteiger partial charge in [-0.1, -0.05) is 11.6 Å². The van der Waals surface area contributed by atoms with Gasteiger partial charge in [0.1, 0.15) is 9.73 Å². The van der Waals surface area contributed by atoms with Crippen LogP contribution in [0.1, 0.15) is 13.8 Å². The molecular weight excluding hydrogens is 422 g/mol. The van der Waals surface area contributed by atoms with Crippen molar-refractivity contribution in [3.8, 4) is 5.69 Å². The molecule has 2 atom stereocenters. The van der Waals surface area contributed by atoms with Gasteiger partial charge in [0.15, 0.2) is 0 Å². The van der Waals surface area contributed by atoms with Crippen molar-refractivity contribution >= 4 is 43.4 Å². The van der Waals surface area contributed by atoms with Crippen LogP contribution in [0, 0.1) is 0 Å². The van der Waals surface area contributed by atoms with Gasteiger partial charge in [0.05, 0.1) is 28.3 Å². The first-order valence-corrected chi connectivity index (χ1v) is 11.3. The van der Waals surface area contributed by atoms with Crippen molar-refractivity contribution in [2.24, 2.45) is 0 Å². The molecule has 1 aliphatic rings. The Kier molecular flexibility index (Phi) is 5.05. The van der Waals surface area contributed by atoms with Crippen LogP contribution in [0.15, 0.2) is 46.2 Å². The van der Waals surface area contributed by atoms with Crippen LogP contribution < -0.4 is 5.56 Å². The number of hydrogen-bond donors (Lipinski definition) is 0. The molecule has 148 valence electrons. The van der Waals surface area contributed by atoms with Gasteiger partial charge in [-0.05, 0) is 55.7 Å². The second kappa shape index (κ2) is 7.23. The van der Waals surface area contributed by atoms with Gasteiger partial charge in [-0.25, -0.2) is 17.4 Å². The standard InChI is InChI=1S/C18H18ClN3O4S2/c1-11-9-21(10-12(2)26-11)28(24,25)16-8-13(5-6-15(16)19)22-18(23)14-4-3-7-20-17(14)27-22/h3-8,11-12H,9-10H2,1-2H3. The lowest BCUT2D eigenvalue weighted by Gasteiger charge is -2.34. The fourth-order valence-corrected chi connectivity index (χ4v) is 6.34. The van der Waals surface area contributed by atoms with Crippen LogP contribution in [0.3, 0.4) is 0 Å². The minimum Gasteiger partial charge on any atom is -0.373 e. The van der Waals surface area contributed by atoms with Crippen LogP contribution in [0.4, 0.5) is 0 Å². The maximum absolute atomic E-state index is 13.2. The van der Waals surface area contributed by atoms with Crippen molar-refractivity contribution in [2.75, 3.05) is 13.1 Å². The number of benzene rings is 1. The van der Waals surface area contributed by atoms with Crippen molar-refractivity contribution in [3.05, 3.63) is 51.9 Å². The summed E-state index contributed by atoms with van der Waals surface area (Å²) < 4.78 is 34.9. The van der Waals surface area contributed by atoms with Crippen molar-refractivity contribution in [1.29, 1.82) is 0 Å². The third kappa shape index (κ3) is 3.37. The molecule has 28 heavy (non-hydrogen) atoms. The molecule has 0 radical (unpaired) electrons. The molecule has 0 N–H and O–H groups in total. The third-order valence-electron chi connectivity index (χ3n) is 4.52. The Labute approximate surface area is 171 Å². The molecule has 10 heteroatoms. The first kappa shape index (κ1) is 19.5. The zero-order valence-corrected chi connectivity index (χ0v) is 17.6. The fraction of sp³-hybridized carbons (Fsp3) is 0.333. The average molecular weight is 440 g/mol. The summed E-state index contributed by atoms with van der Waals surface area (Å²) in [6.07, 6.45) is 1.19. The van der Waals surface area contributed by atoms with E-state index in [1.54, 1.807) is 24.4 Å². The number of pyridine rings is 1. The number of sulfonamides is 1. The summed E-state index contributed by atoms with van der Waals surface area (Å²) in [4.78, 5) is 17.4. The number of nitrogens with zero attached hydrogens (tertiary/aromatic N) is 3. The van der Waals surface area contributed by atoms with Gasteiger partial charge < -0.3 is 4.74 Å². The van der Waals surface area contributed by atoms with Crippen LogP contribution in [0.5, 0.6) is 0 Å². The van der Waals surface area contributed by atoms with E-state index in [4.69, 9.17) is 16.3 Å². The van der Waals surface area contributed by atoms with E-state index < -0.39 is 10.0 Å². The van der Waals surface area contributed by atoms with Crippen molar-refractivity contribution in [1.82, 2.24) is 13.2 Å². The quantitative estimate of drug-likeness (QED) is 0.626. The normalized spacial score (nSPS) is 21.2. The SMILES string of the molecule is CC1CN(S(=O)(=O)c2cc(-n3sc4ncccc4c3=O)ccc2Cl)CC(C)O1. The maximum Gasteiger partial charge on any atom is 0.274 e. The van der Waals surface area contributed by atoms with Crippen molar-refractivity contribution in [2.45, 2.75) is 31.0 Å². The summed E-state index contributed by atoms with van der Waals surface area (Å²) in [5.41, 5.74) is 0.192. The molecule has 3 aromatic rings. The maximum atomic E-state index is 13.2.